The second-order valence-electron chi connectivity index (χ2n) is 9.67. The quantitative estimate of drug-likeness (QED) is 0.0287. The van der Waals surface area contributed by atoms with Gasteiger partial charge in [-0.3, -0.25) is 40.6 Å². The SMILES string of the molecule is O=[SH](=O)O[C@@H](CO[C@@H]1O[C@H](COS(=O)(=O)O)[C@@H](OS(=O)(=O)O)[C@H](OS(=O)(=O)O)[C@H]1OS(=O)(=O)O)[C@@H](OS(=O)(=O)O)[C@H](OS(=O)(=O)O)[C@@H](COS(=O)(=O)O)OS(=O)(=O)O. The zero-order chi connectivity index (χ0) is 45.7. The second-order valence-corrected chi connectivity index (χ2v) is 18.8. The van der Waals surface area contributed by atoms with E-state index in [1.165, 1.54) is 0 Å². The van der Waals surface area contributed by atoms with Crippen LogP contribution in [-0.2, 0) is 141 Å². The molecule has 348 valence electrons. The number of hydrogen-bond acceptors (Lipinski definition) is 29. The molecule has 46 heteroatoms. The first-order chi connectivity index (χ1) is 25.5. The van der Waals surface area contributed by atoms with E-state index in [1.54, 1.807) is 0 Å². The van der Waals surface area contributed by atoms with E-state index in [0.29, 0.717) is 0 Å². The van der Waals surface area contributed by atoms with Crippen molar-refractivity contribution >= 4 is 94.2 Å². The molecule has 1 heterocycles. The molecule has 1 fully saturated rings. The Hall–Kier alpha value is -1.21. The Bertz CT molecular complexity index is 2390. The molecule has 1 saturated heterocycles. The van der Waals surface area contributed by atoms with E-state index < -0.39 is 169 Å². The van der Waals surface area contributed by atoms with E-state index in [-0.39, 0.29) is 0 Å². The average molecular weight is 1050 g/mol. The monoisotopic (exact) mass is 1050 g/mol. The van der Waals surface area contributed by atoms with E-state index in [0.717, 1.165) is 0 Å². The van der Waals surface area contributed by atoms with E-state index in [1.807, 2.05) is 0 Å². The highest BCUT2D eigenvalue weighted by molar-refractivity contribution is 7.82. The number of rotatable bonds is 26. The summed E-state index contributed by atoms with van der Waals surface area (Å²) >= 11 is 0. The van der Waals surface area contributed by atoms with Crippen LogP contribution in [0.4, 0.5) is 0 Å². The van der Waals surface area contributed by atoms with Gasteiger partial charge in [-0.2, -0.15) is 67.3 Å². The smallest absolute Gasteiger partial charge is 0.347 e. The normalized spacial score (nSPS) is 24.3. The van der Waals surface area contributed by atoms with Gasteiger partial charge in [-0.1, -0.05) is 0 Å². The van der Waals surface area contributed by atoms with E-state index in [2.05, 4.69) is 37.6 Å². The van der Waals surface area contributed by atoms with Gasteiger partial charge in [-0.05, 0) is 0 Å². The Labute approximate surface area is 327 Å². The summed E-state index contributed by atoms with van der Waals surface area (Å²) in [5.74, 6) is 0. The van der Waals surface area contributed by atoms with Crippen LogP contribution in [0.1, 0.15) is 0 Å². The second kappa shape index (κ2) is 20.3. The van der Waals surface area contributed by atoms with Gasteiger partial charge >= 0.3 is 83.2 Å². The Morgan fingerprint density at radius 3 is 1.24 bits per heavy atom. The Morgan fingerprint density at radius 2 is 0.862 bits per heavy atom. The lowest BCUT2D eigenvalue weighted by Crippen LogP contribution is -2.63. The summed E-state index contributed by atoms with van der Waals surface area (Å²) in [5.41, 5.74) is 0. The highest BCUT2D eigenvalue weighted by Gasteiger charge is 2.55. The maximum Gasteiger partial charge on any atom is 0.397 e. The number of thiol groups is 1. The maximum absolute atomic E-state index is 11.8. The summed E-state index contributed by atoms with van der Waals surface area (Å²) in [5, 5.41) is 0. The maximum atomic E-state index is 11.8. The third-order valence-electron chi connectivity index (χ3n) is 5.47. The van der Waals surface area contributed by atoms with E-state index >= 15 is 0 Å². The molecule has 0 amide bonds. The van der Waals surface area contributed by atoms with Crippen molar-refractivity contribution in [3.63, 3.8) is 0 Å². The summed E-state index contributed by atoms with van der Waals surface area (Å²) in [6.07, 6.45) is -29.8. The zero-order valence-electron chi connectivity index (χ0n) is 26.4. The summed E-state index contributed by atoms with van der Waals surface area (Å²) in [7, 11) is -53.3. The fourth-order valence-corrected chi connectivity index (χ4v) is 7.97. The zero-order valence-corrected chi connectivity index (χ0v) is 33.9. The van der Waals surface area contributed by atoms with E-state index in [9.17, 15) is 98.5 Å². The Morgan fingerprint density at radius 1 is 0.466 bits per heavy atom. The minimum absolute atomic E-state index is 1.91. The molecule has 0 aromatic carbocycles. The highest BCUT2D eigenvalue weighted by Crippen LogP contribution is 2.33. The lowest BCUT2D eigenvalue weighted by Gasteiger charge is -2.43. The lowest BCUT2D eigenvalue weighted by molar-refractivity contribution is -0.291. The summed E-state index contributed by atoms with van der Waals surface area (Å²) in [4.78, 5) is 0. The van der Waals surface area contributed by atoms with Crippen molar-refractivity contribution in [2.75, 3.05) is 19.8 Å². The standard InChI is InChI=1S/C12H24O37S9/c13-50(14)43-5(8(46-55(27,28)29)9(47-56(30,31)32)6(44-53(21,22)23)3-41-52(18,19)20)1-39-12-11(49-58(36,37)38)10(48-57(33,34)35)7(45-54(24,25)26)4(42-12)2-40-51(15,16)17/h4-12,50H,1-3H2,(H,15,16,17)(H,18,19,20)(H,21,22,23)(H,24,25,26)(H,27,28,29)(H,30,31,32)(H,33,34,35)(H,36,37,38)/t4-,5+,6-,7-,8-,9-,10+,11-,12-/m1/s1. The van der Waals surface area contributed by atoms with Gasteiger partial charge in [0.05, 0.1) is 19.8 Å². The molecule has 1 rings (SSSR count). The Kier molecular flexibility index (Phi) is 19.2. The third-order valence-corrected chi connectivity index (χ3v) is 9.59. The fraction of sp³-hybridized carbons (Fsp3) is 1.00. The molecule has 0 saturated carbocycles. The molecular weight excluding hydrogens is 1020 g/mol. The van der Waals surface area contributed by atoms with Crippen LogP contribution < -0.4 is 0 Å². The van der Waals surface area contributed by atoms with Crippen molar-refractivity contribution in [1.82, 2.24) is 0 Å². The Balaban J connectivity index is 4.18. The van der Waals surface area contributed by atoms with Crippen LogP contribution in [0, 0.1) is 0 Å². The van der Waals surface area contributed by atoms with Crippen LogP contribution in [-0.4, -0.2) is 187 Å². The van der Waals surface area contributed by atoms with Crippen LogP contribution in [0.5, 0.6) is 0 Å². The molecule has 0 aromatic rings. The summed E-state index contributed by atoms with van der Waals surface area (Å²) < 4.78 is 327. The van der Waals surface area contributed by atoms with Gasteiger partial charge in [0, 0.05) is 0 Å². The van der Waals surface area contributed by atoms with Crippen LogP contribution in [0.15, 0.2) is 0 Å². The number of hydrogen-bond donors (Lipinski definition) is 9. The minimum atomic E-state index is -6.33. The molecular formula is C12H24O37S9. The summed E-state index contributed by atoms with van der Waals surface area (Å²) in [6, 6.07) is 0. The molecule has 0 radical (unpaired) electrons. The molecule has 1 aliphatic heterocycles. The highest BCUT2D eigenvalue weighted by atomic mass is 32.3. The van der Waals surface area contributed by atoms with Gasteiger partial charge in [0.2, 0.25) is 0 Å². The molecule has 9 atom stereocenters. The van der Waals surface area contributed by atoms with Crippen molar-refractivity contribution in [2.24, 2.45) is 0 Å². The van der Waals surface area contributed by atoms with Gasteiger partial charge in [0.15, 0.2) is 12.4 Å². The van der Waals surface area contributed by atoms with Crippen LogP contribution in [0.2, 0.25) is 0 Å². The van der Waals surface area contributed by atoms with Crippen molar-refractivity contribution in [2.45, 2.75) is 55.1 Å². The van der Waals surface area contributed by atoms with Crippen molar-refractivity contribution < 1.29 is 159 Å². The van der Waals surface area contributed by atoms with Crippen LogP contribution >= 0.6 is 0 Å². The van der Waals surface area contributed by atoms with Gasteiger partial charge in [-0.25, -0.2) is 41.9 Å². The van der Waals surface area contributed by atoms with Crippen LogP contribution in [0.3, 0.4) is 0 Å². The third kappa shape index (κ3) is 23.7. The van der Waals surface area contributed by atoms with Gasteiger partial charge in [0.1, 0.15) is 42.7 Å². The average Bonchev–Trinajstić information content (AvgIpc) is 2.92. The van der Waals surface area contributed by atoms with Gasteiger partial charge in [-0.15, -0.1) is 0 Å². The van der Waals surface area contributed by atoms with E-state index in [4.69, 9.17) is 23.1 Å². The largest absolute Gasteiger partial charge is 0.397 e. The predicted molar refractivity (Wildman–Crippen MR) is 163 cm³/mol. The molecule has 37 nitrogen and oxygen atoms in total. The fourth-order valence-electron chi connectivity index (χ4n) is 3.96. The predicted octanol–water partition coefficient (Wildman–Crippen LogP) is -7.59. The topological polar surface area (TPSA) is 571 Å². The first-order valence-electron chi connectivity index (χ1n) is 12.8. The van der Waals surface area contributed by atoms with Gasteiger partial charge < -0.3 is 9.47 Å². The minimum Gasteiger partial charge on any atom is -0.347 e. The first kappa shape index (κ1) is 54.8. The van der Waals surface area contributed by atoms with Gasteiger partial charge in [0.25, 0.3) is 11.0 Å². The molecule has 0 aliphatic carbocycles. The molecule has 0 aromatic heterocycles. The first-order valence-corrected chi connectivity index (χ1v) is 24.8. The molecule has 0 unspecified atom stereocenters. The summed E-state index contributed by atoms with van der Waals surface area (Å²) in [6.45, 7) is -6.30. The van der Waals surface area contributed by atoms with Crippen LogP contribution in [0.25, 0.3) is 0 Å². The van der Waals surface area contributed by atoms with Crippen molar-refractivity contribution in [3.05, 3.63) is 0 Å². The molecule has 0 spiro atoms. The molecule has 58 heavy (non-hydrogen) atoms. The molecule has 1 aliphatic rings. The van der Waals surface area contributed by atoms with Crippen molar-refractivity contribution in [1.29, 1.82) is 0 Å². The lowest BCUT2D eigenvalue weighted by atomic mass is 9.99. The number of ether oxygens (including phenoxy) is 2. The molecule has 8 N–H and O–H groups in total. The van der Waals surface area contributed by atoms with Crippen molar-refractivity contribution in [3.8, 4) is 0 Å². The molecule has 0 bridgehead atoms.